The highest BCUT2D eigenvalue weighted by atomic mass is 16.5. The first-order valence-corrected chi connectivity index (χ1v) is 7.98. The summed E-state index contributed by atoms with van der Waals surface area (Å²) < 4.78 is 4.86. The molecule has 0 aliphatic rings. The van der Waals surface area contributed by atoms with Crippen molar-refractivity contribution in [2.75, 3.05) is 6.54 Å². The van der Waals surface area contributed by atoms with Gasteiger partial charge in [0.25, 0.3) is 5.91 Å². The zero-order valence-electron chi connectivity index (χ0n) is 14.9. The second kappa shape index (κ2) is 9.08. The van der Waals surface area contributed by atoms with E-state index >= 15 is 0 Å². The molecule has 0 saturated heterocycles. The number of benzene rings is 2. The van der Waals surface area contributed by atoms with E-state index in [0.29, 0.717) is 0 Å². The first kappa shape index (κ1) is 21.0. The highest BCUT2D eigenvalue weighted by molar-refractivity contribution is 5.98. The molecule has 2 rings (SSSR count). The van der Waals surface area contributed by atoms with E-state index < -0.39 is 30.4 Å². The third kappa shape index (κ3) is 5.85. The van der Waals surface area contributed by atoms with Gasteiger partial charge in [-0.2, -0.15) is 10.2 Å². The third-order valence-corrected chi connectivity index (χ3v) is 3.36. The van der Waals surface area contributed by atoms with Gasteiger partial charge in [-0.05, 0) is 30.3 Å². The molecule has 1 amide bonds. The zero-order chi connectivity index (χ0) is 21.6. The molecule has 0 saturated carbocycles. The van der Waals surface area contributed by atoms with E-state index in [-0.39, 0.29) is 34.0 Å². The van der Waals surface area contributed by atoms with Crippen LogP contribution in [0, 0.1) is 0 Å². The van der Waals surface area contributed by atoms with Crippen LogP contribution in [0.5, 0.6) is 11.5 Å². The summed E-state index contributed by atoms with van der Waals surface area (Å²) in [6.07, 6.45) is 0. The lowest BCUT2D eigenvalue weighted by atomic mass is 10.1. The Bertz CT molecular complexity index is 1020. The van der Waals surface area contributed by atoms with Gasteiger partial charge >= 0.3 is 17.9 Å². The Labute approximate surface area is 163 Å². The number of amides is 1. The third-order valence-electron chi connectivity index (χ3n) is 3.36. The molecule has 150 valence electrons. The van der Waals surface area contributed by atoms with Gasteiger partial charge in [-0.3, -0.25) is 14.4 Å². The van der Waals surface area contributed by atoms with Crippen LogP contribution in [0.2, 0.25) is 0 Å². The Morgan fingerprint density at radius 3 is 2.17 bits per heavy atom. The summed E-state index contributed by atoms with van der Waals surface area (Å²) in [5.41, 5.74) is -0.124. The Hall–Kier alpha value is -4.28. The number of carbonyl (C=O) groups excluding carboxylic acids is 2. The fraction of sp³-hybridized carbons (Fsp3) is 0.111. The van der Waals surface area contributed by atoms with Gasteiger partial charge in [0.15, 0.2) is 0 Å². The van der Waals surface area contributed by atoms with Crippen LogP contribution in [0.3, 0.4) is 0 Å². The predicted molar refractivity (Wildman–Crippen MR) is 97.0 cm³/mol. The molecule has 0 fully saturated rings. The molecule has 0 bridgehead atoms. The Balaban J connectivity index is 2.28. The second-order valence-corrected chi connectivity index (χ2v) is 5.56. The molecule has 11 heteroatoms. The molecule has 2 aromatic carbocycles. The first-order chi connectivity index (χ1) is 13.7. The van der Waals surface area contributed by atoms with Crippen LogP contribution < -0.4 is 10.1 Å². The van der Waals surface area contributed by atoms with Crippen molar-refractivity contribution in [1.82, 2.24) is 5.32 Å². The SMILES string of the molecule is CC(=O)Oc1cc(N=Nc2ccc(O)c(C(=O)NCC(=O)O)c2)ccc1C(=O)O. The predicted octanol–water partition coefficient (Wildman–Crippen LogP) is 2.25. The normalized spacial score (nSPS) is 10.5. The van der Waals surface area contributed by atoms with Gasteiger partial charge in [-0.1, -0.05) is 0 Å². The number of ether oxygens (including phenoxy) is 1. The smallest absolute Gasteiger partial charge is 0.339 e. The summed E-state index contributed by atoms with van der Waals surface area (Å²) in [7, 11) is 0. The van der Waals surface area contributed by atoms with Crippen molar-refractivity contribution >= 4 is 35.2 Å². The monoisotopic (exact) mass is 401 g/mol. The van der Waals surface area contributed by atoms with E-state index in [1.54, 1.807) is 0 Å². The number of esters is 1. The van der Waals surface area contributed by atoms with Crippen molar-refractivity contribution in [2.45, 2.75) is 6.92 Å². The highest BCUT2D eigenvalue weighted by Gasteiger charge is 2.15. The summed E-state index contributed by atoms with van der Waals surface area (Å²) in [6, 6.07) is 7.45. The zero-order valence-corrected chi connectivity index (χ0v) is 14.9. The summed E-state index contributed by atoms with van der Waals surface area (Å²) in [5.74, 6) is -4.65. The average molecular weight is 401 g/mol. The Morgan fingerprint density at radius 2 is 1.59 bits per heavy atom. The van der Waals surface area contributed by atoms with E-state index in [9.17, 15) is 24.3 Å². The molecule has 2 aromatic rings. The van der Waals surface area contributed by atoms with E-state index in [1.165, 1.54) is 36.4 Å². The second-order valence-electron chi connectivity index (χ2n) is 5.56. The van der Waals surface area contributed by atoms with E-state index in [1.807, 2.05) is 0 Å². The van der Waals surface area contributed by atoms with Crippen molar-refractivity contribution in [3.63, 3.8) is 0 Å². The Kier molecular flexibility index (Phi) is 6.58. The molecule has 11 nitrogen and oxygen atoms in total. The topological polar surface area (TPSA) is 175 Å². The Morgan fingerprint density at radius 1 is 0.966 bits per heavy atom. The van der Waals surface area contributed by atoms with Crippen LogP contribution in [0.4, 0.5) is 11.4 Å². The molecule has 0 aliphatic heterocycles. The fourth-order valence-corrected chi connectivity index (χ4v) is 2.12. The van der Waals surface area contributed by atoms with Gasteiger partial charge in [0.05, 0.1) is 16.9 Å². The number of rotatable bonds is 7. The van der Waals surface area contributed by atoms with Crippen molar-refractivity contribution in [3.05, 3.63) is 47.5 Å². The molecule has 0 aromatic heterocycles. The van der Waals surface area contributed by atoms with Crippen LogP contribution >= 0.6 is 0 Å². The number of phenols is 1. The van der Waals surface area contributed by atoms with Gasteiger partial charge in [-0.25, -0.2) is 4.79 Å². The quantitative estimate of drug-likeness (QED) is 0.310. The van der Waals surface area contributed by atoms with Gasteiger partial charge in [0.2, 0.25) is 0 Å². The molecule has 0 heterocycles. The minimum absolute atomic E-state index is 0.152. The summed E-state index contributed by atoms with van der Waals surface area (Å²) in [5, 5.41) is 37.4. The number of hydrogen-bond donors (Lipinski definition) is 4. The van der Waals surface area contributed by atoms with Crippen molar-refractivity contribution in [1.29, 1.82) is 0 Å². The molecule has 0 unspecified atom stereocenters. The molecule has 29 heavy (non-hydrogen) atoms. The summed E-state index contributed by atoms with van der Waals surface area (Å²) in [6.45, 7) is 0.492. The number of hydrogen-bond acceptors (Lipinski definition) is 8. The lowest BCUT2D eigenvalue weighted by Gasteiger charge is -2.06. The summed E-state index contributed by atoms with van der Waals surface area (Å²) >= 11 is 0. The maximum Gasteiger partial charge on any atom is 0.339 e. The number of azo groups is 1. The molecular weight excluding hydrogens is 386 g/mol. The molecule has 0 spiro atoms. The number of carboxylic acid groups (broad SMARTS) is 2. The molecule has 0 aliphatic carbocycles. The van der Waals surface area contributed by atoms with Crippen molar-refractivity contribution < 1.29 is 39.2 Å². The van der Waals surface area contributed by atoms with Gasteiger partial charge < -0.3 is 25.4 Å². The van der Waals surface area contributed by atoms with Gasteiger partial charge in [0.1, 0.15) is 23.6 Å². The number of carboxylic acids is 2. The maximum atomic E-state index is 11.9. The largest absolute Gasteiger partial charge is 0.507 e. The fourth-order valence-electron chi connectivity index (χ4n) is 2.12. The lowest BCUT2D eigenvalue weighted by Crippen LogP contribution is -2.29. The number of aliphatic carboxylic acids is 1. The van der Waals surface area contributed by atoms with Crippen LogP contribution in [-0.2, 0) is 9.59 Å². The average Bonchev–Trinajstić information content (AvgIpc) is 2.64. The van der Waals surface area contributed by atoms with Gasteiger partial charge in [-0.15, -0.1) is 0 Å². The van der Waals surface area contributed by atoms with Crippen molar-refractivity contribution in [2.24, 2.45) is 10.2 Å². The van der Waals surface area contributed by atoms with Crippen molar-refractivity contribution in [3.8, 4) is 11.5 Å². The number of nitrogens with one attached hydrogen (secondary N) is 1. The van der Waals surface area contributed by atoms with E-state index in [4.69, 9.17) is 14.9 Å². The molecular formula is C18H15N3O8. The van der Waals surface area contributed by atoms with Crippen LogP contribution in [0.25, 0.3) is 0 Å². The standard InChI is InChI=1S/C18H15N3O8/c1-9(22)29-15-7-11(2-4-12(15)18(27)28)21-20-10-3-5-14(23)13(6-10)17(26)19-8-16(24)25/h2-7,23H,8H2,1H3,(H,19,26)(H,24,25)(H,27,28). The number of phenolic OH excluding ortho intramolecular Hbond substituents is 1. The number of aromatic hydroxyl groups is 1. The van der Waals surface area contributed by atoms with Crippen LogP contribution in [0.1, 0.15) is 27.6 Å². The number of nitrogens with zero attached hydrogens (tertiary/aromatic N) is 2. The first-order valence-electron chi connectivity index (χ1n) is 7.98. The van der Waals surface area contributed by atoms with Gasteiger partial charge in [0, 0.05) is 13.0 Å². The molecule has 0 radical (unpaired) electrons. The minimum Gasteiger partial charge on any atom is -0.507 e. The highest BCUT2D eigenvalue weighted by Crippen LogP contribution is 2.28. The number of aromatic carboxylic acids is 1. The molecule has 0 atom stereocenters. The summed E-state index contributed by atoms with van der Waals surface area (Å²) in [4.78, 5) is 44.8. The van der Waals surface area contributed by atoms with Crippen LogP contribution in [0.15, 0.2) is 46.6 Å². The lowest BCUT2D eigenvalue weighted by molar-refractivity contribution is -0.136. The maximum absolute atomic E-state index is 11.9. The molecule has 4 N–H and O–H groups in total. The minimum atomic E-state index is -1.29. The van der Waals surface area contributed by atoms with E-state index in [0.717, 1.165) is 6.92 Å². The number of carbonyl (C=O) groups is 4. The van der Waals surface area contributed by atoms with E-state index in [2.05, 4.69) is 15.5 Å². The van der Waals surface area contributed by atoms with Crippen LogP contribution in [-0.4, -0.2) is 45.7 Å².